The molecule has 16 heavy (non-hydrogen) atoms. The van der Waals surface area contributed by atoms with Gasteiger partial charge >= 0.3 is 0 Å². The lowest BCUT2D eigenvalue weighted by atomic mass is 10.2. The van der Waals surface area contributed by atoms with Crippen LogP contribution in [0.3, 0.4) is 0 Å². The maximum absolute atomic E-state index is 13.3. The minimum atomic E-state index is -0.358. The molecule has 0 aliphatic carbocycles. The van der Waals surface area contributed by atoms with Gasteiger partial charge in [-0.25, -0.2) is 4.39 Å². The van der Waals surface area contributed by atoms with Crippen LogP contribution in [0.5, 0.6) is 5.75 Å². The van der Waals surface area contributed by atoms with Crippen LogP contribution in [0.2, 0.25) is 0 Å². The van der Waals surface area contributed by atoms with Crippen molar-refractivity contribution in [1.29, 1.82) is 0 Å². The number of benzene rings is 1. The molecule has 0 amide bonds. The summed E-state index contributed by atoms with van der Waals surface area (Å²) in [6, 6.07) is 4.73. The Bertz CT molecular complexity index is 373. The van der Waals surface area contributed by atoms with Crippen molar-refractivity contribution >= 4 is 33.1 Å². The highest BCUT2D eigenvalue weighted by Gasteiger charge is 2.03. The van der Waals surface area contributed by atoms with E-state index in [4.69, 9.17) is 22.7 Å². The molecular weight excluding hydrogens is 293 g/mol. The maximum atomic E-state index is 13.3. The summed E-state index contributed by atoms with van der Waals surface area (Å²) in [5, 5.41) is 0. The Morgan fingerprint density at radius 1 is 1.44 bits per heavy atom. The fourth-order valence-electron chi connectivity index (χ4n) is 1.18. The fourth-order valence-corrected chi connectivity index (χ4v) is 1.65. The van der Waals surface area contributed by atoms with Crippen molar-refractivity contribution in [3.05, 3.63) is 28.5 Å². The van der Waals surface area contributed by atoms with Crippen LogP contribution in [0.1, 0.15) is 19.3 Å². The number of thiocarbonyl (C=S) groups is 1. The normalized spacial score (nSPS) is 10.1. The molecule has 0 spiro atoms. The van der Waals surface area contributed by atoms with E-state index in [2.05, 4.69) is 15.9 Å². The summed E-state index contributed by atoms with van der Waals surface area (Å²) in [6.45, 7) is 0.473. The van der Waals surface area contributed by atoms with Crippen molar-refractivity contribution in [2.24, 2.45) is 5.73 Å². The van der Waals surface area contributed by atoms with Crippen LogP contribution in [0, 0.1) is 5.82 Å². The minimum Gasteiger partial charge on any atom is -0.491 e. The summed E-state index contributed by atoms with van der Waals surface area (Å²) in [5.74, 6) is -0.0813. The van der Waals surface area contributed by atoms with Crippen LogP contribution in [0.25, 0.3) is 0 Å². The predicted molar refractivity (Wildman–Crippen MR) is 70.2 cm³/mol. The number of nitrogens with two attached hydrogens (primary N) is 1. The third kappa shape index (κ3) is 4.90. The number of hydrogen-bond donors (Lipinski definition) is 1. The molecule has 0 saturated heterocycles. The van der Waals surface area contributed by atoms with Gasteiger partial charge in [0.15, 0.2) is 11.6 Å². The second-order valence-electron chi connectivity index (χ2n) is 3.35. The van der Waals surface area contributed by atoms with E-state index in [1.54, 1.807) is 12.1 Å². The smallest absolute Gasteiger partial charge is 0.166 e. The first-order valence-electron chi connectivity index (χ1n) is 4.96. The molecule has 0 saturated carbocycles. The van der Waals surface area contributed by atoms with E-state index < -0.39 is 0 Å². The van der Waals surface area contributed by atoms with E-state index in [1.165, 1.54) is 6.07 Å². The summed E-state index contributed by atoms with van der Waals surface area (Å²) < 4.78 is 19.3. The van der Waals surface area contributed by atoms with Gasteiger partial charge < -0.3 is 10.5 Å². The fraction of sp³-hybridized carbons (Fsp3) is 0.364. The molecule has 0 radical (unpaired) electrons. The zero-order chi connectivity index (χ0) is 12.0. The Morgan fingerprint density at radius 3 is 2.81 bits per heavy atom. The second kappa shape index (κ2) is 6.81. The van der Waals surface area contributed by atoms with Gasteiger partial charge in [-0.05, 0) is 37.5 Å². The molecule has 0 heterocycles. The molecule has 1 aromatic rings. The molecule has 5 heteroatoms. The Balaban J connectivity index is 2.29. The number of unbranched alkanes of at least 4 members (excludes halogenated alkanes) is 1. The zero-order valence-corrected chi connectivity index (χ0v) is 11.1. The molecular formula is C11H13BrFNOS. The molecule has 0 aromatic heterocycles. The average Bonchev–Trinajstić information content (AvgIpc) is 2.20. The van der Waals surface area contributed by atoms with Crippen LogP contribution < -0.4 is 10.5 Å². The van der Waals surface area contributed by atoms with Crippen LogP contribution in [-0.2, 0) is 0 Å². The molecule has 0 aliphatic rings. The second-order valence-corrected chi connectivity index (χ2v) is 4.79. The third-order valence-corrected chi connectivity index (χ3v) is 2.67. The minimum absolute atomic E-state index is 0.276. The van der Waals surface area contributed by atoms with E-state index in [0.29, 0.717) is 22.5 Å². The van der Waals surface area contributed by atoms with Crippen LogP contribution >= 0.6 is 28.1 Å². The molecule has 1 aromatic carbocycles. The first kappa shape index (κ1) is 13.4. The molecule has 2 N–H and O–H groups in total. The lowest BCUT2D eigenvalue weighted by Gasteiger charge is -2.07. The predicted octanol–water partition coefficient (Wildman–Crippen LogP) is 3.42. The van der Waals surface area contributed by atoms with Crippen LogP contribution in [-0.4, -0.2) is 11.6 Å². The van der Waals surface area contributed by atoms with Gasteiger partial charge in [0.2, 0.25) is 0 Å². The van der Waals surface area contributed by atoms with Crippen molar-refractivity contribution in [3.63, 3.8) is 0 Å². The van der Waals surface area contributed by atoms with Crippen molar-refractivity contribution in [2.45, 2.75) is 19.3 Å². The Morgan fingerprint density at radius 2 is 2.19 bits per heavy atom. The lowest BCUT2D eigenvalue weighted by Crippen LogP contribution is -2.08. The quantitative estimate of drug-likeness (QED) is 0.646. The first-order chi connectivity index (χ1) is 7.59. The van der Waals surface area contributed by atoms with Gasteiger partial charge in [0, 0.05) is 4.47 Å². The molecule has 0 atom stereocenters. The summed E-state index contributed by atoms with van der Waals surface area (Å²) in [4.78, 5) is 0.509. The van der Waals surface area contributed by atoms with E-state index in [-0.39, 0.29) is 11.6 Å². The third-order valence-electron chi connectivity index (χ3n) is 1.97. The van der Waals surface area contributed by atoms with Crippen molar-refractivity contribution in [3.8, 4) is 5.75 Å². The van der Waals surface area contributed by atoms with E-state index >= 15 is 0 Å². The molecule has 2 nitrogen and oxygen atoms in total. The number of rotatable bonds is 6. The summed E-state index contributed by atoms with van der Waals surface area (Å²) in [7, 11) is 0. The molecule has 0 bridgehead atoms. The highest BCUT2D eigenvalue weighted by atomic mass is 79.9. The van der Waals surface area contributed by atoms with Crippen molar-refractivity contribution in [2.75, 3.05) is 6.61 Å². The summed E-state index contributed by atoms with van der Waals surface area (Å²) in [5.41, 5.74) is 5.35. The molecule has 0 aliphatic heterocycles. The van der Waals surface area contributed by atoms with Crippen LogP contribution in [0.15, 0.2) is 22.7 Å². The molecule has 1 rings (SSSR count). The monoisotopic (exact) mass is 305 g/mol. The Kier molecular flexibility index (Phi) is 5.69. The Labute approximate surface area is 108 Å². The number of halogens is 2. The largest absolute Gasteiger partial charge is 0.491 e. The molecule has 0 fully saturated rings. The lowest BCUT2D eigenvalue weighted by molar-refractivity contribution is 0.293. The zero-order valence-electron chi connectivity index (χ0n) is 8.71. The van der Waals surface area contributed by atoms with Gasteiger partial charge in [-0.1, -0.05) is 28.1 Å². The van der Waals surface area contributed by atoms with Gasteiger partial charge in [-0.3, -0.25) is 0 Å². The SMILES string of the molecule is NC(=S)CCCCOc1ccc(Br)cc1F. The van der Waals surface area contributed by atoms with Gasteiger partial charge in [0.25, 0.3) is 0 Å². The standard InChI is InChI=1S/C11H13BrFNOS/c12-8-4-5-10(9(13)7-8)15-6-2-1-3-11(14)16/h4-5,7H,1-3,6H2,(H2,14,16). The highest BCUT2D eigenvalue weighted by molar-refractivity contribution is 9.10. The van der Waals surface area contributed by atoms with Gasteiger partial charge in [0.1, 0.15) is 0 Å². The van der Waals surface area contributed by atoms with E-state index in [9.17, 15) is 4.39 Å². The van der Waals surface area contributed by atoms with E-state index in [0.717, 1.165) is 12.8 Å². The summed E-state index contributed by atoms with van der Waals surface area (Å²) >= 11 is 7.93. The van der Waals surface area contributed by atoms with Gasteiger partial charge in [-0.15, -0.1) is 0 Å². The number of ether oxygens (including phenoxy) is 1. The Hall–Kier alpha value is -0.680. The average molecular weight is 306 g/mol. The van der Waals surface area contributed by atoms with Gasteiger partial charge in [-0.2, -0.15) is 0 Å². The topological polar surface area (TPSA) is 35.2 Å². The van der Waals surface area contributed by atoms with Crippen LogP contribution in [0.4, 0.5) is 4.39 Å². The van der Waals surface area contributed by atoms with Crippen molar-refractivity contribution in [1.82, 2.24) is 0 Å². The first-order valence-corrected chi connectivity index (χ1v) is 6.16. The molecule has 88 valence electrons. The van der Waals surface area contributed by atoms with Crippen molar-refractivity contribution < 1.29 is 9.13 Å². The van der Waals surface area contributed by atoms with Gasteiger partial charge in [0.05, 0.1) is 11.6 Å². The maximum Gasteiger partial charge on any atom is 0.166 e. The van der Waals surface area contributed by atoms with E-state index in [1.807, 2.05) is 0 Å². The number of hydrogen-bond acceptors (Lipinski definition) is 2. The molecule has 0 unspecified atom stereocenters. The highest BCUT2D eigenvalue weighted by Crippen LogP contribution is 2.21. The summed E-state index contributed by atoms with van der Waals surface area (Å²) in [6.07, 6.45) is 2.39.